The van der Waals surface area contributed by atoms with E-state index in [1.165, 1.54) is 5.56 Å². The number of carbonyl (C=O) groups is 1. The number of ether oxygens (including phenoxy) is 1. The lowest BCUT2D eigenvalue weighted by molar-refractivity contribution is -0.116. The quantitative estimate of drug-likeness (QED) is 0.822. The third-order valence-corrected chi connectivity index (χ3v) is 2.46. The van der Waals surface area contributed by atoms with Gasteiger partial charge in [0.15, 0.2) is 0 Å². The molecule has 1 aliphatic rings. The van der Waals surface area contributed by atoms with E-state index in [4.69, 9.17) is 4.74 Å². The van der Waals surface area contributed by atoms with E-state index < -0.39 is 0 Å². The predicted octanol–water partition coefficient (Wildman–Crippen LogP) is 2.36. The highest BCUT2D eigenvalue weighted by atomic mass is 16.5. The highest BCUT2D eigenvalue weighted by Gasteiger charge is 2.17. The number of rotatable bonds is 3. The smallest absolute Gasteiger partial charge is 0.224 e. The average Bonchev–Trinajstić information content (AvgIpc) is 2.26. The molecule has 0 bridgehead atoms. The number of para-hydroxylation sites is 1. The summed E-state index contributed by atoms with van der Waals surface area (Å²) in [5.41, 5.74) is 2.03. The fourth-order valence-electron chi connectivity index (χ4n) is 1.71. The first kappa shape index (κ1) is 10.0. The fourth-order valence-corrected chi connectivity index (χ4v) is 1.71. The molecule has 3 heteroatoms. The number of nitrogens with one attached hydrogen (secondary N) is 1. The molecule has 0 saturated carbocycles. The minimum atomic E-state index is 0.0787. The van der Waals surface area contributed by atoms with E-state index in [1.807, 2.05) is 18.2 Å². The molecule has 1 heterocycles. The summed E-state index contributed by atoms with van der Waals surface area (Å²) in [4.78, 5) is 11.3. The molecule has 3 nitrogen and oxygen atoms in total. The molecule has 0 spiro atoms. The molecule has 1 aliphatic heterocycles. The maximum atomic E-state index is 11.3. The second-order valence-electron chi connectivity index (χ2n) is 3.69. The largest absolute Gasteiger partial charge is 0.491 e. The molecule has 0 saturated heterocycles. The van der Waals surface area contributed by atoms with Crippen LogP contribution in [0.4, 0.5) is 5.69 Å². The maximum Gasteiger partial charge on any atom is 0.224 e. The van der Waals surface area contributed by atoms with E-state index in [-0.39, 0.29) is 5.91 Å². The molecule has 0 aliphatic carbocycles. The molecular weight excluding hydrogens is 190 g/mol. The summed E-state index contributed by atoms with van der Waals surface area (Å²) >= 11 is 0. The normalized spacial score (nSPS) is 14.3. The lowest BCUT2D eigenvalue weighted by Gasteiger charge is -2.19. The van der Waals surface area contributed by atoms with Crippen LogP contribution in [0.15, 0.2) is 18.2 Å². The maximum absolute atomic E-state index is 11.3. The molecule has 80 valence electrons. The third-order valence-electron chi connectivity index (χ3n) is 2.46. The highest BCUT2D eigenvalue weighted by Crippen LogP contribution is 2.32. The molecule has 0 aromatic heterocycles. The van der Waals surface area contributed by atoms with Crippen molar-refractivity contribution in [1.29, 1.82) is 0 Å². The van der Waals surface area contributed by atoms with Gasteiger partial charge in [0.1, 0.15) is 5.75 Å². The average molecular weight is 205 g/mol. The van der Waals surface area contributed by atoms with Crippen LogP contribution >= 0.6 is 0 Å². The second kappa shape index (κ2) is 4.34. The summed E-state index contributed by atoms with van der Waals surface area (Å²) in [6.07, 6.45) is 2.35. The standard InChI is InChI=1S/C12H15NO2/c1-2-8-15-10-5-3-4-9-6-7-11(14)13-12(9)10/h3-5H,2,6-8H2,1H3,(H,13,14). The summed E-state index contributed by atoms with van der Waals surface area (Å²) in [5.74, 6) is 0.873. The van der Waals surface area contributed by atoms with Crippen LogP contribution in [-0.2, 0) is 11.2 Å². The molecule has 1 N–H and O–H groups in total. The van der Waals surface area contributed by atoms with E-state index >= 15 is 0 Å². The summed E-state index contributed by atoms with van der Waals surface area (Å²) in [6, 6.07) is 5.91. The molecule has 15 heavy (non-hydrogen) atoms. The Bertz CT molecular complexity index is 374. The van der Waals surface area contributed by atoms with Crippen LogP contribution in [-0.4, -0.2) is 12.5 Å². The molecule has 1 aromatic carbocycles. The van der Waals surface area contributed by atoms with Gasteiger partial charge in [0.05, 0.1) is 12.3 Å². The number of aryl methyl sites for hydroxylation is 1. The lowest BCUT2D eigenvalue weighted by Crippen LogP contribution is -2.19. The summed E-state index contributed by atoms with van der Waals surface area (Å²) < 4.78 is 5.59. The van der Waals surface area contributed by atoms with Crippen molar-refractivity contribution in [3.8, 4) is 5.75 Å². The molecule has 1 aromatic rings. The predicted molar refractivity (Wildman–Crippen MR) is 59.2 cm³/mol. The zero-order valence-corrected chi connectivity index (χ0v) is 8.88. The van der Waals surface area contributed by atoms with Crippen LogP contribution < -0.4 is 10.1 Å². The molecule has 0 fully saturated rings. The van der Waals surface area contributed by atoms with Crippen molar-refractivity contribution in [2.24, 2.45) is 0 Å². The van der Waals surface area contributed by atoms with Gasteiger partial charge in [-0.3, -0.25) is 4.79 Å². The van der Waals surface area contributed by atoms with Gasteiger partial charge in [-0.1, -0.05) is 19.1 Å². The Kier molecular flexibility index (Phi) is 2.90. The third kappa shape index (κ3) is 2.12. The van der Waals surface area contributed by atoms with Gasteiger partial charge in [0, 0.05) is 6.42 Å². The Labute approximate surface area is 89.4 Å². The topological polar surface area (TPSA) is 38.3 Å². The first-order valence-electron chi connectivity index (χ1n) is 5.36. The van der Waals surface area contributed by atoms with E-state index in [0.717, 1.165) is 24.3 Å². The van der Waals surface area contributed by atoms with Crippen LogP contribution in [0, 0.1) is 0 Å². The highest BCUT2D eigenvalue weighted by molar-refractivity contribution is 5.95. The molecular formula is C12H15NO2. The zero-order valence-electron chi connectivity index (χ0n) is 8.88. The van der Waals surface area contributed by atoms with Crippen molar-refractivity contribution in [3.63, 3.8) is 0 Å². The van der Waals surface area contributed by atoms with Gasteiger partial charge < -0.3 is 10.1 Å². The molecule has 2 rings (SSSR count). The van der Waals surface area contributed by atoms with Crippen LogP contribution in [0.1, 0.15) is 25.3 Å². The first-order valence-corrected chi connectivity index (χ1v) is 5.36. The van der Waals surface area contributed by atoms with Gasteiger partial charge in [-0.05, 0) is 24.5 Å². The molecule has 1 amide bonds. The summed E-state index contributed by atoms with van der Waals surface area (Å²) in [6.45, 7) is 2.75. The number of fused-ring (bicyclic) bond motifs is 1. The summed E-state index contributed by atoms with van der Waals surface area (Å²) in [7, 11) is 0. The van der Waals surface area contributed by atoms with Crippen molar-refractivity contribution >= 4 is 11.6 Å². The Morgan fingerprint density at radius 3 is 3.07 bits per heavy atom. The first-order chi connectivity index (χ1) is 7.31. The van der Waals surface area contributed by atoms with E-state index in [2.05, 4.69) is 12.2 Å². The van der Waals surface area contributed by atoms with E-state index in [1.54, 1.807) is 0 Å². The minimum Gasteiger partial charge on any atom is -0.491 e. The SMILES string of the molecule is CCCOc1cccc2c1NC(=O)CC2. The van der Waals surface area contributed by atoms with Crippen molar-refractivity contribution in [3.05, 3.63) is 23.8 Å². The zero-order chi connectivity index (χ0) is 10.7. The summed E-state index contributed by atoms with van der Waals surface area (Å²) in [5, 5.41) is 2.87. The number of amides is 1. The molecule has 0 unspecified atom stereocenters. The number of hydrogen-bond donors (Lipinski definition) is 1. The van der Waals surface area contributed by atoms with Crippen molar-refractivity contribution in [1.82, 2.24) is 0 Å². The van der Waals surface area contributed by atoms with Gasteiger partial charge >= 0.3 is 0 Å². The fraction of sp³-hybridized carbons (Fsp3) is 0.417. The monoisotopic (exact) mass is 205 g/mol. The Morgan fingerprint density at radius 2 is 2.27 bits per heavy atom. The van der Waals surface area contributed by atoms with E-state index in [9.17, 15) is 4.79 Å². The van der Waals surface area contributed by atoms with Crippen molar-refractivity contribution in [2.45, 2.75) is 26.2 Å². The number of benzene rings is 1. The second-order valence-corrected chi connectivity index (χ2v) is 3.69. The lowest BCUT2D eigenvalue weighted by atomic mass is 10.0. The van der Waals surface area contributed by atoms with Crippen molar-refractivity contribution < 1.29 is 9.53 Å². The molecule has 0 atom stereocenters. The van der Waals surface area contributed by atoms with Crippen LogP contribution in [0.5, 0.6) is 5.75 Å². The van der Waals surface area contributed by atoms with Gasteiger partial charge in [0.2, 0.25) is 5.91 Å². The van der Waals surface area contributed by atoms with Crippen LogP contribution in [0.3, 0.4) is 0 Å². The number of hydrogen-bond acceptors (Lipinski definition) is 2. The van der Waals surface area contributed by atoms with Gasteiger partial charge in [-0.2, -0.15) is 0 Å². The van der Waals surface area contributed by atoms with Gasteiger partial charge in [0.25, 0.3) is 0 Å². The number of carbonyl (C=O) groups excluding carboxylic acids is 1. The van der Waals surface area contributed by atoms with E-state index in [0.29, 0.717) is 13.0 Å². The van der Waals surface area contributed by atoms with Crippen molar-refractivity contribution in [2.75, 3.05) is 11.9 Å². The molecule has 0 radical (unpaired) electrons. The number of anilines is 1. The minimum absolute atomic E-state index is 0.0787. The van der Waals surface area contributed by atoms with Gasteiger partial charge in [-0.15, -0.1) is 0 Å². The Morgan fingerprint density at radius 1 is 1.40 bits per heavy atom. The Hall–Kier alpha value is -1.51. The van der Waals surface area contributed by atoms with Crippen LogP contribution in [0.2, 0.25) is 0 Å². The Balaban J connectivity index is 2.27. The van der Waals surface area contributed by atoms with Gasteiger partial charge in [-0.25, -0.2) is 0 Å². The van der Waals surface area contributed by atoms with Crippen LogP contribution in [0.25, 0.3) is 0 Å².